The Hall–Kier alpha value is -3.36. The van der Waals surface area contributed by atoms with Crippen molar-refractivity contribution in [3.05, 3.63) is 70.6 Å². The van der Waals surface area contributed by atoms with Crippen LogP contribution in [0.1, 0.15) is 67.8 Å². The van der Waals surface area contributed by atoms with Crippen LogP contribution in [0.15, 0.2) is 47.0 Å². The first kappa shape index (κ1) is 24.8. The van der Waals surface area contributed by atoms with E-state index >= 15 is 0 Å². The van der Waals surface area contributed by atoms with Crippen molar-refractivity contribution < 1.29 is 17.7 Å². The lowest BCUT2D eigenvalue weighted by molar-refractivity contribution is -0.138. The molecule has 1 saturated heterocycles. The number of rotatable bonds is 5. The van der Waals surface area contributed by atoms with Crippen molar-refractivity contribution in [2.75, 3.05) is 6.54 Å². The first-order chi connectivity index (χ1) is 16.4. The standard InChI is InChI=1S/C26H30F3N5O/c1-25(2,3)19-12-7-16(8-13-19)6-9-17-10-11-18(15-20(17)26(27,28)29)22-32-23(35-33-22)21-5-4-14-34(21)24(30)31/h7-8,10-13,15,21H,4-6,9,14H2,1-3H3,(H3,30,31)/t21-/m0/s1. The molecule has 0 bridgehead atoms. The van der Waals surface area contributed by atoms with Crippen LogP contribution >= 0.6 is 0 Å². The van der Waals surface area contributed by atoms with Crippen LogP contribution in [0, 0.1) is 5.41 Å². The van der Waals surface area contributed by atoms with E-state index in [1.165, 1.54) is 11.6 Å². The number of nitrogens with zero attached hydrogens (tertiary/aromatic N) is 3. The number of halogens is 3. The highest BCUT2D eigenvalue weighted by atomic mass is 19.4. The molecular weight excluding hydrogens is 455 g/mol. The Morgan fingerprint density at radius 1 is 1.11 bits per heavy atom. The van der Waals surface area contributed by atoms with Crippen molar-refractivity contribution in [3.8, 4) is 11.4 Å². The number of nitrogens with two attached hydrogens (primary N) is 1. The summed E-state index contributed by atoms with van der Waals surface area (Å²) < 4.78 is 47.2. The minimum atomic E-state index is -4.51. The molecule has 0 unspecified atom stereocenters. The number of hydrogen-bond acceptors (Lipinski definition) is 4. The molecule has 1 atom stereocenters. The van der Waals surface area contributed by atoms with Gasteiger partial charge in [-0.25, -0.2) is 0 Å². The van der Waals surface area contributed by atoms with Crippen molar-refractivity contribution in [1.29, 1.82) is 5.41 Å². The molecule has 35 heavy (non-hydrogen) atoms. The van der Waals surface area contributed by atoms with Crippen LogP contribution in [-0.4, -0.2) is 27.5 Å². The Morgan fingerprint density at radius 3 is 2.46 bits per heavy atom. The highest BCUT2D eigenvalue weighted by molar-refractivity contribution is 5.75. The highest BCUT2D eigenvalue weighted by Gasteiger charge is 2.35. The first-order valence-electron chi connectivity index (χ1n) is 11.7. The smallest absolute Gasteiger partial charge is 0.370 e. The molecule has 4 rings (SSSR count). The predicted molar refractivity (Wildman–Crippen MR) is 128 cm³/mol. The third-order valence-corrected chi connectivity index (χ3v) is 6.47. The predicted octanol–water partition coefficient (Wildman–Crippen LogP) is 5.87. The van der Waals surface area contributed by atoms with Crippen LogP contribution in [0.4, 0.5) is 13.2 Å². The summed E-state index contributed by atoms with van der Waals surface area (Å²) in [5.41, 5.74) is 7.58. The lowest BCUT2D eigenvalue weighted by Crippen LogP contribution is -2.35. The van der Waals surface area contributed by atoms with E-state index in [2.05, 4.69) is 30.9 Å². The van der Waals surface area contributed by atoms with E-state index in [9.17, 15) is 13.2 Å². The van der Waals surface area contributed by atoms with E-state index in [1.54, 1.807) is 11.0 Å². The Balaban J connectivity index is 1.55. The summed E-state index contributed by atoms with van der Waals surface area (Å²) in [4.78, 5) is 5.98. The summed E-state index contributed by atoms with van der Waals surface area (Å²) in [6, 6.07) is 11.9. The van der Waals surface area contributed by atoms with Crippen molar-refractivity contribution in [2.45, 2.75) is 64.1 Å². The fraction of sp³-hybridized carbons (Fsp3) is 0.423. The van der Waals surface area contributed by atoms with Crippen LogP contribution < -0.4 is 5.73 Å². The summed E-state index contributed by atoms with van der Waals surface area (Å²) in [5, 5.41) is 11.6. The van der Waals surface area contributed by atoms with Gasteiger partial charge >= 0.3 is 6.18 Å². The Bertz CT molecular complexity index is 1190. The van der Waals surface area contributed by atoms with Crippen molar-refractivity contribution in [3.63, 3.8) is 0 Å². The number of nitrogens with one attached hydrogen (secondary N) is 1. The molecule has 3 N–H and O–H groups in total. The number of guanidine groups is 1. The lowest BCUT2D eigenvalue weighted by atomic mass is 9.86. The third kappa shape index (κ3) is 5.49. The number of benzene rings is 2. The van der Waals surface area contributed by atoms with Gasteiger partial charge in [-0.2, -0.15) is 18.2 Å². The van der Waals surface area contributed by atoms with Crippen molar-refractivity contribution in [1.82, 2.24) is 15.0 Å². The van der Waals surface area contributed by atoms with Gasteiger partial charge in [0.25, 0.3) is 0 Å². The van der Waals surface area contributed by atoms with Gasteiger partial charge in [0.2, 0.25) is 11.7 Å². The zero-order valence-electron chi connectivity index (χ0n) is 20.1. The van der Waals surface area contributed by atoms with Crippen LogP contribution in [0.5, 0.6) is 0 Å². The topological polar surface area (TPSA) is 92.0 Å². The second-order valence-electron chi connectivity index (χ2n) is 10.0. The summed E-state index contributed by atoms with van der Waals surface area (Å²) in [6.45, 7) is 6.97. The molecule has 2 aromatic carbocycles. The van der Waals surface area contributed by atoms with Gasteiger partial charge in [-0.05, 0) is 53.9 Å². The van der Waals surface area contributed by atoms with Crippen molar-refractivity contribution >= 4 is 5.96 Å². The minimum Gasteiger partial charge on any atom is -0.370 e. The molecule has 0 amide bonds. The average molecular weight is 486 g/mol. The van der Waals surface area contributed by atoms with Gasteiger partial charge in [-0.3, -0.25) is 5.41 Å². The van der Waals surface area contributed by atoms with Crippen LogP contribution in [-0.2, 0) is 24.4 Å². The maximum atomic E-state index is 13.9. The molecule has 0 radical (unpaired) electrons. The molecule has 1 aromatic heterocycles. The fourth-order valence-corrected chi connectivity index (χ4v) is 4.45. The van der Waals surface area contributed by atoms with Crippen molar-refractivity contribution in [2.24, 2.45) is 5.73 Å². The van der Waals surface area contributed by atoms with Gasteiger partial charge in [0, 0.05) is 12.1 Å². The lowest BCUT2D eigenvalue weighted by Gasteiger charge is -2.21. The van der Waals surface area contributed by atoms with Gasteiger partial charge < -0.3 is 15.2 Å². The van der Waals surface area contributed by atoms with Crippen LogP contribution in [0.2, 0.25) is 0 Å². The molecule has 1 fully saturated rings. The van der Waals surface area contributed by atoms with E-state index < -0.39 is 11.7 Å². The van der Waals surface area contributed by atoms with E-state index in [4.69, 9.17) is 15.7 Å². The van der Waals surface area contributed by atoms with Gasteiger partial charge in [-0.15, -0.1) is 0 Å². The first-order valence-corrected chi connectivity index (χ1v) is 11.7. The molecule has 0 aliphatic carbocycles. The Kier molecular flexibility index (Phi) is 6.62. The fourth-order valence-electron chi connectivity index (χ4n) is 4.45. The van der Waals surface area contributed by atoms with E-state index in [0.717, 1.165) is 18.1 Å². The minimum absolute atomic E-state index is 0.0228. The van der Waals surface area contributed by atoms with Gasteiger partial charge in [0.05, 0.1) is 5.56 Å². The molecule has 0 saturated carbocycles. The summed E-state index contributed by atoms with van der Waals surface area (Å²) in [7, 11) is 0. The average Bonchev–Trinajstić information content (AvgIpc) is 3.46. The molecule has 1 aliphatic rings. The summed E-state index contributed by atoms with van der Waals surface area (Å²) in [6.07, 6.45) is -2.25. The van der Waals surface area contributed by atoms with Gasteiger partial charge in [0.1, 0.15) is 6.04 Å². The molecule has 3 aromatic rings. The van der Waals surface area contributed by atoms with E-state index in [0.29, 0.717) is 19.4 Å². The maximum absolute atomic E-state index is 13.9. The number of alkyl halides is 3. The second-order valence-corrected chi connectivity index (χ2v) is 10.0. The van der Waals surface area contributed by atoms with Gasteiger partial charge in [0.15, 0.2) is 5.96 Å². The van der Waals surface area contributed by atoms with Crippen LogP contribution in [0.3, 0.4) is 0 Å². The highest BCUT2D eigenvalue weighted by Crippen LogP contribution is 2.36. The molecular formula is C26H30F3N5O. The Labute approximate surface area is 202 Å². The molecule has 1 aliphatic heterocycles. The van der Waals surface area contributed by atoms with E-state index in [1.807, 2.05) is 24.3 Å². The Morgan fingerprint density at radius 2 is 1.83 bits per heavy atom. The molecule has 186 valence electrons. The number of hydrogen-bond donors (Lipinski definition) is 2. The second kappa shape index (κ2) is 9.36. The van der Waals surface area contributed by atoms with Gasteiger partial charge in [-0.1, -0.05) is 62.3 Å². The maximum Gasteiger partial charge on any atom is 0.416 e. The zero-order chi connectivity index (χ0) is 25.4. The SMILES string of the molecule is CC(C)(C)c1ccc(CCc2ccc(-c3noc([C@@H]4CCCN4C(=N)N)n3)cc2C(F)(F)F)cc1. The number of likely N-dealkylation sites (tertiary alicyclic amines) is 1. The van der Waals surface area contributed by atoms with E-state index in [-0.39, 0.29) is 46.7 Å². The number of aromatic nitrogens is 2. The molecule has 2 heterocycles. The quantitative estimate of drug-likeness (QED) is 0.348. The number of aryl methyl sites for hydroxylation is 2. The monoisotopic (exact) mass is 485 g/mol. The normalized spacial score (nSPS) is 16.6. The largest absolute Gasteiger partial charge is 0.416 e. The van der Waals surface area contributed by atoms with Crippen LogP contribution in [0.25, 0.3) is 11.4 Å². The molecule has 9 heteroatoms. The molecule has 0 spiro atoms. The zero-order valence-corrected chi connectivity index (χ0v) is 20.1. The summed E-state index contributed by atoms with van der Waals surface area (Å²) in [5.74, 6) is 0.248. The summed E-state index contributed by atoms with van der Waals surface area (Å²) >= 11 is 0. The third-order valence-electron chi connectivity index (χ3n) is 6.47. The molecule has 6 nitrogen and oxygen atoms in total.